The average Bonchev–Trinajstić information content (AvgIpc) is 2.50. The Hall–Kier alpha value is -1.58. The molecule has 110 valence electrons. The van der Waals surface area contributed by atoms with E-state index in [1.165, 1.54) is 5.56 Å². The minimum absolute atomic E-state index is 0.715. The zero-order valence-electron chi connectivity index (χ0n) is 12.3. The van der Waals surface area contributed by atoms with E-state index in [0.29, 0.717) is 5.11 Å². The topological polar surface area (TPSA) is 15.3 Å². The molecule has 0 spiro atoms. The molecule has 21 heavy (non-hydrogen) atoms. The predicted molar refractivity (Wildman–Crippen MR) is 94.9 cm³/mol. The van der Waals surface area contributed by atoms with Crippen molar-refractivity contribution in [3.63, 3.8) is 0 Å². The van der Waals surface area contributed by atoms with Gasteiger partial charge in [0.25, 0.3) is 0 Å². The first-order valence-electron chi connectivity index (χ1n) is 6.96. The van der Waals surface area contributed by atoms with Crippen molar-refractivity contribution in [3.05, 3.63) is 64.7 Å². The molecule has 2 rings (SSSR count). The first-order chi connectivity index (χ1) is 10.1. The van der Waals surface area contributed by atoms with Crippen molar-refractivity contribution < 1.29 is 0 Å². The van der Waals surface area contributed by atoms with Crippen LogP contribution in [-0.4, -0.2) is 16.6 Å². The molecule has 0 saturated heterocycles. The Labute approximate surface area is 136 Å². The Morgan fingerprint density at radius 2 is 1.86 bits per heavy atom. The second-order valence-corrected chi connectivity index (χ2v) is 5.64. The van der Waals surface area contributed by atoms with E-state index in [1.54, 1.807) is 0 Å². The summed E-state index contributed by atoms with van der Waals surface area (Å²) in [5, 5.41) is 4.75. The number of benzene rings is 2. The van der Waals surface area contributed by atoms with Gasteiger partial charge in [0, 0.05) is 23.8 Å². The molecule has 0 aliphatic rings. The number of anilines is 1. The van der Waals surface area contributed by atoms with Crippen LogP contribution in [0, 0.1) is 6.92 Å². The van der Waals surface area contributed by atoms with Gasteiger partial charge in [-0.25, -0.2) is 0 Å². The van der Waals surface area contributed by atoms with Gasteiger partial charge in [-0.3, -0.25) is 0 Å². The predicted octanol–water partition coefficient (Wildman–Crippen LogP) is 4.87. The third-order valence-electron chi connectivity index (χ3n) is 3.39. The molecule has 0 fully saturated rings. The van der Waals surface area contributed by atoms with Gasteiger partial charge in [0.2, 0.25) is 0 Å². The number of halogens is 1. The summed E-state index contributed by atoms with van der Waals surface area (Å²) in [5.41, 5.74) is 3.21. The van der Waals surface area contributed by atoms with Crippen LogP contribution >= 0.6 is 23.8 Å². The van der Waals surface area contributed by atoms with Crippen molar-refractivity contribution in [3.8, 4) is 0 Å². The SMILES string of the molecule is CCN(Cc1ccccc1)C(=S)Nc1cccc(Cl)c1C. The minimum Gasteiger partial charge on any atom is -0.345 e. The van der Waals surface area contributed by atoms with Crippen LogP contribution < -0.4 is 5.32 Å². The number of nitrogens with one attached hydrogen (secondary N) is 1. The van der Waals surface area contributed by atoms with Gasteiger partial charge >= 0.3 is 0 Å². The highest BCUT2D eigenvalue weighted by Gasteiger charge is 2.10. The fourth-order valence-electron chi connectivity index (χ4n) is 2.07. The summed E-state index contributed by atoms with van der Waals surface area (Å²) < 4.78 is 0. The van der Waals surface area contributed by atoms with Crippen LogP contribution in [0.4, 0.5) is 5.69 Å². The number of hydrogen-bond donors (Lipinski definition) is 1. The van der Waals surface area contributed by atoms with E-state index in [1.807, 2.05) is 43.3 Å². The average molecular weight is 319 g/mol. The van der Waals surface area contributed by atoms with Gasteiger partial charge in [0.1, 0.15) is 0 Å². The van der Waals surface area contributed by atoms with Gasteiger partial charge in [0.05, 0.1) is 0 Å². The number of hydrogen-bond acceptors (Lipinski definition) is 1. The molecule has 0 unspecified atom stereocenters. The Bertz CT molecular complexity index is 613. The summed E-state index contributed by atoms with van der Waals surface area (Å²) in [7, 11) is 0. The molecule has 0 aliphatic heterocycles. The maximum Gasteiger partial charge on any atom is 0.173 e. The molecule has 2 aromatic rings. The van der Waals surface area contributed by atoms with E-state index in [4.69, 9.17) is 23.8 Å². The fourth-order valence-corrected chi connectivity index (χ4v) is 2.55. The molecule has 0 saturated carbocycles. The smallest absolute Gasteiger partial charge is 0.173 e. The molecule has 0 bridgehead atoms. The number of rotatable bonds is 4. The summed E-state index contributed by atoms with van der Waals surface area (Å²) >= 11 is 11.7. The third-order valence-corrected chi connectivity index (χ3v) is 4.16. The maximum atomic E-state index is 6.14. The summed E-state index contributed by atoms with van der Waals surface area (Å²) in [6.07, 6.45) is 0. The second kappa shape index (κ2) is 7.43. The first-order valence-corrected chi connectivity index (χ1v) is 7.75. The van der Waals surface area contributed by atoms with Gasteiger partial charge in [-0.05, 0) is 49.3 Å². The summed E-state index contributed by atoms with van der Waals surface area (Å²) in [5.74, 6) is 0. The first kappa shape index (κ1) is 15.8. The van der Waals surface area contributed by atoms with Crippen LogP contribution in [0.1, 0.15) is 18.1 Å². The summed E-state index contributed by atoms with van der Waals surface area (Å²) in [6, 6.07) is 16.1. The van der Waals surface area contributed by atoms with E-state index in [-0.39, 0.29) is 0 Å². The molecular weight excluding hydrogens is 300 g/mol. The van der Waals surface area contributed by atoms with E-state index < -0.39 is 0 Å². The Kier molecular flexibility index (Phi) is 5.59. The Morgan fingerprint density at radius 3 is 2.52 bits per heavy atom. The van der Waals surface area contributed by atoms with Crippen LogP contribution in [0.15, 0.2) is 48.5 Å². The monoisotopic (exact) mass is 318 g/mol. The molecule has 1 N–H and O–H groups in total. The Morgan fingerprint density at radius 1 is 1.14 bits per heavy atom. The zero-order valence-corrected chi connectivity index (χ0v) is 13.8. The lowest BCUT2D eigenvalue weighted by Crippen LogP contribution is -2.34. The highest BCUT2D eigenvalue weighted by molar-refractivity contribution is 7.80. The van der Waals surface area contributed by atoms with Crippen molar-refractivity contribution >= 4 is 34.6 Å². The minimum atomic E-state index is 0.715. The van der Waals surface area contributed by atoms with Crippen LogP contribution in [0.3, 0.4) is 0 Å². The standard InChI is InChI=1S/C17H19ClN2S/c1-3-20(12-14-8-5-4-6-9-14)17(21)19-16-11-7-10-15(18)13(16)2/h4-11H,3,12H2,1-2H3,(H,19,21). The van der Waals surface area contributed by atoms with Gasteiger partial charge in [-0.2, -0.15) is 0 Å². The van der Waals surface area contributed by atoms with Crippen LogP contribution in [0.2, 0.25) is 5.02 Å². The van der Waals surface area contributed by atoms with E-state index >= 15 is 0 Å². The summed E-state index contributed by atoms with van der Waals surface area (Å²) in [4.78, 5) is 2.13. The second-order valence-electron chi connectivity index (χ2n) is 4.84. The molecule has 0 aromatic heterocycles. The largest absolute Gasteiger partial charge is 0.345 e. The van der Waals surface area contributed by atoms with E-state index in [2.05, 4.69) is 29.3 Å². The molecule has 0 atom stereocenters. The van der Waals surface area contributed by atoms with Gasteiger partial charge < -0.3 is 10.2 Å². The van der Waals surface area contributed by atoms with Crippen molar-refractivity contribution in [1.82, 2.24) is 4.90 Å². The highest BCUT2D eigenvalue weighted by atomic mass is 35.5. The molecule has 2 aromatic carbocycles. The maximum absolute atomic E-state index is 6.14. The molecule has 4 heteroatoms. The fraction of sp³-hybridized carbons (Fsp3) is 0.235. The number of thiocarbonyl (C=S) groups is 1. The molecule has 0 amide bonds. The zero-order chi connectivity index (χ0) is 15.2. The molecule has 0 radical (unpaired) electrons. The highest BCUT2D eigenvalue weighted by Crippen LogP contribution is 2.23. The lowest BCUT2D eigenvalue weighted by atomic mass is 10.2. The lowest BCUT2D eigenvalue weighted by Gasteiger charge is -2.25. The number of nitrogens with zero attached hydrogens (tertiary/aromatic N) is 1. The van der Waals surface area contributed by atoms with Crippen molar-refractivity contribution in [2.75, 3.05) is 11.9 Å². The third kappa shape index (κ3) is 4.19. The normalized spacial score (nSPS) is 10.2. The Balaban J connectivity index is 2.08. The van der Waals surface area contributed by atoms with E-state index in [9.17, 15) is 0 Å². The van der Waals surface area contributed by atoms with Crippen molar-refractivity contribution in [2.45, 2.75) is 20.4 Å². The molecule has 0 heterocycles. The quantitative estimate of drug-likeness (QED) is 0.810. The van der Waals surface area contributed by atoms with Crippen molar-refractivity contribution in [1.29, 1.82) is 0 Å². The van der Waals surface area contributed by atoms with Gasteiger partial charge in [-0.1, -0.05) is 48.0 Å². The molecular formula is C17H19ClN2S. The van der Waals surface area contributed by atoms with Crippen LogP contribution in [-0.2, 0) is 6.54 Å². The van der Waals surface area contributed by atoms with Crippen molar-refractivity contribution in [2.24, 2.45) is 0 Å². The molecule has 2 nitrogen and oxygen atoms in total. The van der Waals surface area contributed by atoms with Crippen LogP contribution in [0.25, 0.3) is 0 Å². The van der Waals surface area contributed by atoms with Gasteiger partial charge in [0.15, 0.2) is 5.11 Å². The van der Waals surface area contributed by atoms with Crippen LogP contribution in [0.5, 0.6) is 0 Å². The lowest BCUT2D eigenvalue weighted by molar-refractivity contribution is 0.442. The summed E-state index contributed by atoms with van der Waals surface area (Å²) in [6.45, 7) is 5.73. The van der Waals surface area contributed by atoms with E-state index in [0.717, 1.165) is 29.4 Å². The molecule has 0 aliphatic carbocycles. The van der Waals surface area contributed by atoms with Gasteiger partial charge in [-0.15, -0.1) is 0 Å².